The number of carbonyl (C=O) groups is 4. The Balaban J connectivity index is 2.08. The van der Waals surface area contributed by atoms with Crippen LogP contribution in [0.3, 0.4) is 0 Å². The molecule has 1 heterocycles. The number of hydrogen-bond donors (Lipinski definition) is 3. The number of hydrogen-bond acceptors (Lipinski definition) is 5. The standard InChI is InChI=1S/C22H37N3O5/c1-11(2)8-16(23-14(6)26)20(28)25-17(9-12(3)4)21(29)24-15-10-13(5)19-22(7,30-19)18(15)27/h11-13,15-17,19H,8-10H2,1-7H3,(H,23,26)(H,24,29)(H,25,28). The largest absolute Gasteiger partial charge is 0.358 e. The molecule has 6 unspecified atom stereocenters. The van der Waals surface area contributed by atoms with E-state index in [-0.39, 0.29) is 47.4 Å². The molecule has 170 valence electrons. The second kappa shape index (κ2) is 9.45. The highest BCUT2D eigenvalue weighted by Crippen LogP contribution is 2.48. The normalized spacial score (nSPS) is 29.8. The maximum Gasteiger partial charge on any atom is 0.243 e. The molecule has 2 aliphatic rings. The Labute approximate surface area is 179 Å². The summed E-state index contributed by atoms with van der Waals surface area (Å²) in [4.78, 5) is 50.1. The molecule has 1 saturated heterocycles. The van der Waals surface area contributed by atoms with Gasteiger partial charge in [0, 0.05) is 6.92 Å². The molecule has 3 amide bonds. The van der Waals surface area contributed by atoms with Gasteiger partial charge in [-0.15, -0.1) is 0 Å². The molecule has 8 heteroatoms. The summed E-state index contributed by atoms with van der Waals surface area (Å²) in [6.45, 7) is 13.0. The van der Waals surface area contributed by atoms with E-state index in [1.54, 1.807) is 6.92 Å². The van der Waals surface area contributed by atoms with Gasteiger partial charge in [-0.05, 0) is 43.9 Å². The number of amides is 3. The first kappa shape index (κ1) is 24.3. The lowest BCUT2D eigenvalue weighted by Gasteiger charge is -2.30. The SMILES string of the molecule is CC(=O)NC(CC(C)C)C(=O)NC(CC(C)C)C(=O)NC1CC(C)C2OC2(C)C1=O. The monoisotopic (exact) mass is 423 g/mol. The first-order valence-electron chi connectivity index (χ1n) is 10.9. The predicted octanol–water partition coefficient (Wildman–Crippen LogP) is 1.32. The van der Waals surface area contributed by atoms with Gasteiger partial charge in [-0.2, -0.15) is 0 Å². The Bertz CT molecular complexity index is 692. The van der Waals surface area contributed by atoms with Gasteiger partial charge in [0.1, 0.15) is 12.1 Å². The molecule has 0 radical (unpaired) electrons. The average molecular weight is 424 g/mol. The first-order chi connectivity index (χ1) is 13.8. The maximum atomic E-state index is 13.0. The molecule has 1 aliphatic carbocycles. The number of Topliss-reactive ketones (excluding diaryl/α,β-unsaturated/α-hetero) is 1. The molecule has 0 spiro atoms. The molecule has 0 aromatic carbocycles. The summed E-state index contributed by atoms with van der Waals surface area (Å²) in [7, 11) is 0. The van der Waals surface area contributed by atoms with Crippen molar-refractivity contribution in [3.63, 3.8) is 0 Å². The summed E-state index contributed by atoms with van der Waals surface area (Å²) in [6.07, 6.45) is 1.35. The molecule has 0 aromatic rings. The van der Waals surface area contributed by atoms with Gasteiger partial charge >= 0.3 is 0 Å². The Kier molecular flexibility index (Phi) is 7.66. The topological polar surface area (TPSA) is 117 Å². The van der Waals surface area contributed by atoms with Gasteiger partial charge in [0.2, 0.25) is 17.7 Å². The number of fused-ring (bicyclic) bond motifs is 1. The molecule has 6 atom stereocenters. The van der Waals surface area contributed by atoms with Crippen molar-refractivity contribution >= 4 is 23.5 Å². The summed E-state index contributed by atoms with van der Waals surface area (Å²) in [6, 6.07) is -2.11. The van der Waals surface area contributed by atoms with Crippen LogP contribution in [0.25, 0.3) is 0 Å². The second-order valence-corrected chi connectivity index (χ2v) is 9.86. The molecule has 8 nitrogen and oxygen atoms in total. The van der Waals surface area contributed by atoms with E-state index >= 15 is 0 Å². The van der Waals surface area contributed by atoms with Crippen LogP contribution >= 0.6 is 0 Å². The van der Waals surface area contributed by atoms with Crippen molar-refractivity contribution in [1.82, 2.24) is 16.0 Å². The van der Waals surface area contributed by atoms with Crippen molar-refractivity contribution in [3.05, 3.63) is 0 Å². The van der Waals surface area contributed by atoms with Gasteiger partial charge in [0.25, 0.3) is 0 Å². The third-order valence-electron chi connectivity index (χ3n) is 5.85. The van der Waals surface area contributed by atoms with Crippen LogP contribution in [0.4, 0.5) is 0 Å². The molecule has 2 rings (SSSR count). The number of rotatable bonds is 9. The summed E-state index contributed by atoms with van der Waals surface area (Å²) < 4.78 is 5.59. The van der Waals surface area contributed by atoms with Crippen molar-refractivity contribution in [1.29, 1.82) is 0 Å². The quantitative estimate of drug-likeness (QED) is 0.484. The van der Waals surface area contributed by atoms with E-state index in [0.29, 0.717) is 19.3 Å². The van der Waals surface area contributed by atoms with E-state index < -0.39 is 23.7 Å². The number of nitrogens with one attached hydrogen (secondary N) is 3. The van der Waals surface area contributed by atoms with E-state index in [1.807, 2.05) is 34.6 Å². The Hall–Kier alpha value is -1.96. The van der Waals surface area contributed by atoms with Gasteiger partial charge in [0.05, 0.1) is 12.1 Å². The van der Waals surface area contributed by atoms with E-state index in [0.717, 1.165) is 0 Å². The van der Waals surface area contributed by atoms with Gasteiger partial charge in [0.15, 0.2) is 11.4 Å². The maximum absolute atomic E-state index is 13.0. The number of ether oxygens (including phenoxy) is 1. The molecule has 0 bridgehead atoms. The van der Waals surface area contributed by atoms with Crippen LogP contribution in [0.2, 0.25) is 0 Å². The molecular weight excluding hydrogens is 386 g/mol. The van der Waals surface area contributed by atoms with Crippen LogP contribution in [0.5, 0.6) is 0 Å². The fourth-order valence-corrected chi connectivity index (χ4v) is 4.36. The fourth-order valence-electron chi connectivity index (χ4n) is 4.36. The number of carbonyl (C=O) groups excluding carboxylic acids is 4. The first-order valence-corrected chi connectivity index (χ1v) is 10.9. The van der Waals surface area contributed by atoms with Crippen LogP contribution in [-0.2, 0) is 23.9 Å². The Morgan fingerprint density at radius 1 is 1.03 bits per heavy atom. The van der Waals surface area contributed by atoms with E-state index in [9.17, 15) is 19.2 Å². The lowest BCUT2D eigenvalue weighted by atomic mass is 9.79. The van der Waals surface area contributed by atoms with Crippen LogP contribution in [0.1, 0.15) is 67.7 Å². The average Bonchev–Trinajstić information content (AvgIpc) is 3.31. The van der Waals surface area contributed by atoms with Crippen LogP contribution in [0.15, 0.2) is 0 Å². The van der Waals surface area contributed by atoms with E-state index in [2.05, 4.69) is 16.0 Å². The number of ketones is 1. The second-order valence-electron chi connectivity index (χ2n) is 9.86. The number of epoxide rings is 1. The molecule has 2 fully saturated rings. The Morgan fingerprint density at radius 3 is 2.07 bits per heavy atom. The van der Waals surface area contributed by atoms with Crippen molar-refractivity contribution in [3.8, 4) is 0 Å². The molecule has 0 aromatic heterocycles. The van der Waals surface area contributed by atoms with Gasteiger partial charge in [-0.1, -0.05) is 34.6 Å². The summed E-state index contributed by atoms with van der Waals surface area (Å²) >= 11 is 0. The van der Waals surface area contributed by atoms with E-state index in [1.165, 1.54) is 6.92 Å². The van der Waals surface area contributed by atoms with E-state index in [4.69, 9.17) is 4.74 Å². The third kappa shape index (κ3) is 5.80. The zero-order valence-corrected chi connectivity index (χ0v) is 19.2. The Morgan fingerprint density at radius 2 is 1.57 bits per heavy atom. The highest BCUT2D eigenvalue weighted by molar-refractivity contribution is 5.99. The lowest BCUT2D eigenvalue weighted by Crippen LogP contribution is -2.58. The van der Waals surface area contributed by atoms with Crippen molar-refractivity contribution in [2.75, 3.05) is 0 Å². The third-order valence-corrected chi connectivity index (χ3v) is 5.85. The minimum absolute atomic E-state index is 0.0706. The van der Waals surface area contributed by atoms with Crippen LogP contribution < -0.4 is 16.0 Å². The van der Waals surface area contributed by atoms with Crippen LogP contribution in [-0.4, -0.2) is 53.3 Å². The predicted molar refractivity (Wildman–Crippen MR) is 112 cm³/mol. The summed E-state index contributed by atoms with van der Waals surface area (Å²) in [5, 5.41) is 8.31. The smallest absolute Gasteiger partial charge is 0.243 e. The molecule has 30 heavy (non-hydrogen) atoms. The van der Waals surface area contributed by atoms with Gasteiger partial charge in [-0.25, -0.2) is 0 Å². The molecule has 1 saturated carbocycles. The fraction of sp³-hybridized carbons (Fsp3) is 0.818. The van der Waals surface area contributed by atoms with Crippen LogP contribution in [0, 0.1) is 17.8 Å². The van der Waals surface area contributed by atoms with Crippen molar-refractivity contribution < 1.29 is 23.9 Å². The summed E-state index contributed by atoms with van der Waals surface area (Å²) in [5.41, 5.74) is -0.805. The minimum Gasteiger partial charge on any atom is -0.358 e. The molecular formula is C22H37N3O5. The summed E-state index contributed by atoms with van der Waals surface area (Å²) in [5.74, 6) is -0.652. The molecule has 1 aliphatic heterocycles. The zero-order chi connectivity index (χ0) is 22.8. The highest BCUT2D eigenvalue weighted by atomic mass is 16.6. The zero-order valence-electron chi connectivity index (χ0n) is 19.2. The lowest BCUT2D eigenvalue weighted by molar-refractivity contribution is -0.135. The highest BCUT2D eigenvalue weighted by Gasteiger charge is 2.65. The van der Waals surface area contributed by atoms with Gasteiger partial charge < -0.3 is 20.7 Å². The molecule has 3 N–H and O–H groups in total. The van der Waals surface area contributed by atoms with Crippen molar-refractivity contribution in [2.24, 2.45) is 17.8 Å². The van der Waals surface area contributed by atoms with Crippen molar-refractivity contribution in [2.45, 2.75) is 97.6 Å². The van der Waals surface area contributed by atoms with Gasteiger partial charge in [-0.3, -0.25) is 19.2 Å². The minimum atomic E-state index is -0.805.